The number of hydrogen-bond donors (Lipinski definition) is 1. The van der Waals surface area contributed by atoms with Crippen LogP contribution in [0.15, 0.2) is 0 Å². The molecule has 0 fully saturated rings. The zero-order chi connectivity index (χ0) is 41.2. The van der Waals surface area contributed by atoms with Gasteiger partial charge in [-0.25, -0.2) is 0 Å². The molecule has 0 aliphatic carbocycles. The fourth-order valence-electron chi connectivity index (χ4n) is 7.38. The number of esters is 2. The predicted octanol–water partition coefficient (Wildman–Crippen LogP) is 14.1. The molecule has 334 valence electrons. The Balaban J connectivity index is 4.90. The first-order valence-electron chi connectivity index (χ1n) is 24.3. The number of aliphatic hydroxyl groups is 1. The minimum atomic E-state index is 0.00703. The molecule has 0 saturated carbocycles. The summed E-state index contributed by atoms with van der Waals surface area (Å²) < 4.78 is 12.1. The highest BCUT2D eigenvalue weighted by atomic mass is 32.2. The van der Waals surface area contributed by atoms with E-state index in [4.69, 9.17) is 9.47 Å². The molecule has 0 radical (unpaired) electrons. The molecule has 0 aliphatic heterocycles. The van der Waals surface area contributed by atoms with Crippen LogP contribution in [0.25, 0.3) is 0 Å². The average molecular weight is 830 g/mol. The Bertz CT molecular complexity index is 775. The van der Waals surface area contributed by atoms with Gasteiger partial charge in [-0.2, -0.15) is 23.5 Å². The molecule has 2 atom stereocenters. The van der Waals surface area contributed by atoms with Crippen molar-refractivity contribution in [3.05, 3.63) is 0 Å². The third kappa shape index (κ3) is 37.8. The van der Waals surface area contributed by atoms with E-state index in [9.17, 15) is 14.7 Å². The Morgan fingerprint density at radius 2 is 0.857 bits per heavy atom. The monoisotopic (exact) mass is 830 g/mol. The average Bonchev–Trinajstić information content (AvgIpc) is 3.19. The standard InChI is InChI=1S/C48H95NO5S2/c1-6-10-14-16-18-26-36-47(51)53-45(42-55-40-30-12-8-3)34-24-20-22-32-44(49(5)38-28-29-39-50)33-23-21-25-35-46(43-56-41-31-13-9-4)54-48(52)37-27-19-17-15-11-7-2/h44-46,50H,6-43H2,1-5H3. The van der Waals surface area contributed by atoms with Crippen LogP contribution in [0, 0.1) is 0 Å². The maximum Gasteiger partial charge on any atom is 0.306 e. The van der Waals surface area contributed by atoms with Crippen LogP contribution in [-0.2, 0) is 19.1 Å². The Labute approximate surface area is 357 Å². The van der Waals surface area contributed by atoms with Crippen LogP contribution in [0.3, 0.4) is 0 Å². The molecular weight excluding hydrogens is 735 g/mol. The van der Waals surface area contributed by atoms with Crippen molar-refractivity contribution >= 4 is 35.5 Å². The number of carbonyl (C=O) groups excluding carboxylic acids is 2. The van der Waals surface area contributed by atoms with Crippen molar-refractivity contribution in [3.8, 4) is 0 Å². The summed E-state index contributed by atoms with van der Waals surface area (Å²) in [5, 5.41) is 9.38. The lowest BCUT2D eigenvalue weighted by molar-refractivity contribution is -0.149. The quantitative estimate of drug-likeness (QED) is 0.0480. The van der Waals surface area contributed by atoms with Crippen molar-refractivity contribution in [2.75, 3.05) is 43.2 Å². The van der Waals surface area contributed by atoms with Crippen LogP contribution in [0.5, 0.6) is 0 Å². The summed E-state index contributed by atoms with van der Waals surface area (Å²) in [7, 11) is 2.27. The van der Waals surface area contributed by atoms with Gasteiger partial charge in [0.25, 0.3) is 0 Å². The normalized spacial score (nSPS) is 13.3. The van der Waals surface area contributed by atoms with Gasteiger partial charge in [0.05, 0.1) is 0 Å². The highest BCUT2D eigenvalue weighted by Gasteiger charge is 2.18. The fraction of sp³-hybridized carbons (Fsp3) is 0.958. The molecule has 2 unspecified atom stereocenters. The van der Waals surface area contributed by atoms with E-state index in [0.29, 0.717) is 18.9 Å². The van der Waals surface area contributed by atoms with Crippen LogP contribution >= 0.6 is 23.5 Å². The summed E-state index contributed by atoms with van der Waals surface area (Å²) in [4.78, 5) is 28.0. The molecule has 0 bridgehead atoms. The van der Waals surface area contributed by atoms with Gasteiger partial charge < -0.3 is 19.5 Å². The van der Waals surface area contributed by atoms with Crippen molar-refractivity contribution in [1.29, 1.82) is 0 Å². The lowest BCUT2D eigenvalue weighted by Gasteiger charge is -2.28. The Morgan fingerprint density at radius 3 is 1.29 bits per heavy atom. The molecule has 1 N–H and O–H groups in total. The Hall–Kier alpha value is -0.440. The molecule has 6 nitrogen and oxygen atoms in total. The van der Waals surface area contributed by atoms with Crippen LogP contribution in [0.4, 0.5) is 0 Å². The van der Waals surface area contributed by atoms with E-state index in [1.165, 1.54) is 128 Å². The molecule has 0 aromatic rings. The summed E-state index contributed by atoms with van der Waals surface area (Å²) >= 11 is 3.93. The predicted molar refractivity (Wildman–Crippen MR) is 248 cm³/mol. The first-order valence-corrected chi connectivity index (χ1v) is 26.6. The number of rotatable bonds is 45. The number of ether oxygens (including phenoxy) is 2. The number of unbranched alkanes of at least 4 members (excludes halogenated alkanes) is 19. The molecule has 0 amide bonds. The molecule has 0 aliphatic rings. The second-order valence-electron chi connectivity index (χ2n) is 16.7. The van der Waals surface area contributed by atoms with E-state index < -0.39 is 0 Å². The molecule has 0 aromatic carbocycles. The molecule has 0 spiro atoms. The van der Waals surface area contributed by atoms with Crippen molar-refractivity contribution in [3.63, 3.8) is 0 Å². The summed E-state index contributed by atoms with van der Waals surface area (Å²) in [6.07, 6.45) is 36.2. The third-order valence-electron chi connectivity index (χ3n) is 11.1. The summed E-state index contributed by atoms with van der Waals surface area (Å²) in [5.41, 5.74) is 0. The van der Waals surface area contributed by atoms with E-state index >= 15 is 0 Å². The maximum absolute atomic E-state index is 12.8. The minimum Gasteiger partial charge on any atom is -0.461 e. The van der Waals surface area contributed by atoms with E-state index in [1.54, 1.807) is 0 Å². The van der Waals surface area contributed by atoms with E-state index in [2.05, 4.69) is 39.6 Å². The topological polar surface area (TPSA) is 76.1 Å². The van der Waals surface area contributed by atoms with E-state index in [1.807, 2.05) is 23.5 Å². The molecule has 0 aromatic heterocycles. The first kappa shape index (κ1) is 55.6. The van der Waals surface area contributed by atoms with E-state index in [-0.39, 0.29) is 30.8 Å². The molecule has 0 rings (SSSR count). The van der Waals surface area contributed by atoms with Crippen LogP contribution < -0.4 is 0 Å². The van der Waals surface area contributed by atoms with Gasteiger partial charge in [-0.1, -0.05) is 143 Å². The van der Waals surface area contributed by atoms with Gasteiger partial charge in [-0.3, -0.25) is 9.59 Å². The second kappa shape index (κ2) is 44.1. The first-order chi connectivity index (χ1) is 27.4. The number of hydrogen-bond acceptors (Lipinski definition) is 8. The van der Waals surface area contributed by atoms with Gasteiger partial charge >= 0.3 is 11.9 Å². The molecule has 0 saturated heterocycles. The SMILES string of the molecule is CCCCCCCCC(=O)OC(CCCCCC(CCCCCC(CSCCCCC)OC(=O)CCCCCCCC)N(C)CCCCO)CSCCCCC. The lowest BCUT2D eigenvalue weighted by atomic mass is 9.98. The maximum atomic E-state index is 12.8. The van der Waals surface area contributed by atoms with Crippen LogP contribution in [-0.4, -0.2) is 83.4 Å². The van der Waals surface area contributed by atoms with Gasteiger partial charge in [0, 0.05) is 37.0 Å². The number of carbonyl (C=O) groups is 2. The zero-order valence-corrected chi connectivity index (χ0v) is 39.6. The highest BCUT2D eigenvalue weighted by Crippen LogP contribution is 2.22. The molecule has 56 heavy (non-hydrogen) atoms. The molecule has 0 heterocycles. The number of thioether (sulfide) groups is 2. The van der Waals surface area contributed by atoms with Gasteiger partial charge in [0.2, 0.25) is 0 Å². The van der Waals surface area contributed by atoms with Crippen molar-refractivity contribution in [2.24, 2.45) is 0 Å². The largest absolute Gasteiger partial charge is 0.461 e. The Morgan fingerprint density at radius 1 is 0.482 bits per heavy atom. The van der Waals surface area contributed by atoms with Crippen molar-refractivity contribution < 1.29 is 24.2 Å². The van der Waals surface area contributed by atoms with Gasteiger partial charge in [-0.15, -0.1) is 0 Å². The summed E-state index contributed by atoms with van der Waals surface area (Å²) in [5.74, 6) is 4.19. The van der Waals surface area contributed by atoms with Gasteiger partial charge in [-0.05, 0) is 102 Å². The third-order valence-corrected chi connectivity index (χ3v) is 13.5. The highest BCUT2D eigenvalue weighted by molar-refractivity contribution is 7.99. The number of aliphatic hydroxyl groups excluding tert-OH is 1. The minimum absolute atomic E-state index is 0.00703. The van der Waals surface area contributed by atoms with Gasteiger partial charge in [0.15, 0.2) is 0 Å². The number of nitrogens with zero attached hydrogens (tertiary/aromatic N) is 1. The summed E-state index contributed by atoms with van der Waals surface area (Å²) in [6.45, 7) is 10.3. The second-order valence-corrected chi connectivity index (χ2v) is 19.0. The molecular formula is C48H95NO5S2. The van der Waals surface area contributed by atoms with Crippen LogP contribution in [0.2, 0.25) is 0 Å². The van der Waals surface area contributed by atoms with E-state index in [0.717, 1.165) is 93.8 Å². The smallest absolute Gasteiger partial charge is 0.306 e. The van der Waals surface area contributed by atoms with Crippen molar-refractivity contribution in [2.45, 2.75) is 251 Å². The fourth-order valence-corrected chi connectivity index (χ4v) is 9.52. The summed E-state index contributed by atoms with van der Waals surface area (Å²) in [6, 6.07) is 0.550. The Kier molecular flexibility index (Phi) is 43.8. The van der Waals surface area contributed by atoms with Crippen molar-refractivity contribution in [1.82, 2.24) is 4.90 Å². The lowest BCUT2D eigenvalue weighted by Crippen LogP contribution is -2.32. The zero-order valence-electron chi connectivity index (χ0n) is 37.9. The molecule has 8 heteroatoms. The van der Waals surface area contributed by atoms with Crippen LogP contribution in [0.1, 0.15) is 233 Å². The van der Waals surface area contributed by atoms with Gasteiger partial charge in [0.1, 0.15) is 12.2 Å².